The van der Waals surface area contributed by atoms with Crippen LogP contribution < -0.4 is 15.5 Å². The van der Waals surface area contributed by atoms with Gasteiger partial charge in [-0.05, 0) is 24.2 Å². The third kappa shape index (κ3) is 7.57. The Hall–Kier alpha value is -1.91. The lowest BCUT2D eigenvalue weighted by Crippen LogP contribution is -3.07. The van der Waals surface area contributed by atoms with Crippen molar-refractivity contribution in [1.82, 2.24) is 10.6 Å². The average molecular weight is 343 g/mol. The van der Waals surface area contributed by atoms with Gasteiger partial charge in [-0.25, -0.2) is 0 Å². The van der Waals surface area contributed by atoms with Crippen LogP contribution in [0.5, 0.6) is 0 Å². The summed E-state index contributed by atoms with van der Waals surface area (Å²) in [7, 11) is 2.24. The summed E-state index contributed by atoms with van der Waals surface area (Å²) < 4.78 is 0. The van der Waals surface area contributed by atoms with Crippen LogP contribution in [0.1, 0.15) is 17.5 Å². The summed E-state index contributed by atoms with van der Waals surface area (Å²) in [5, 5.41) is 7.32. The normalized spacial score (nSPS) is 11.7. The molecule has 2 aromatic carbocycles. The van der Waals surface area contributed by atoms with Crippen molar-refractivity contribution in [3.05, 3.63) is 71.8 Å². The fourth-order valence-electron chi connectivity index (χ4n) is 2.65. The molecule has 3 N–H and O–H groups in total. The molecule has 3 nitrogen and oxygen atoms in total. The average Bonchev–Trinajstić information content (AvgIpc) is 2.60. The summed E-state index contributed by atoms with van der Waals surface area (Å²) in [6.07, 6.45) is 2.10. The van der Waals surface area contributed by atoms with E-state index >= 15 is 0 Å². The molecule has 0 spiro atoms. The van der Waals surface area contributed by atoms with Gasteiger partial charge in [0.25, 0.3) is 0 Å². The van der Waals surface area contributed by atoms with Gasteiger partial charge in [-0.1, -0.05) is 60.7 Å². The third-order valence-corrected chi connectivity index (χ3v) is 4.25. The summed E-state index contributed by atoms with van der Waals surface area (Å²) in [5.74, 6) is 0. The van der Waals surface area contributed by atoms with E-state index in [-0.39, 0.29) is 0 Å². The highest BCUT2D eigenvalue weighted by Crippen LogP contribution is 1.98. The van der Waals surface area contributed by atoms with Crippen LogP contribution in [0.15, 0.2) is 60.7 Å². The first-order valence-electron chi connectivity index (χ1n) is 8.65. The molecule has 1 unspecified atom stereocenters. The standard InChI is InChI=1S/C20H27N3S/c1-23(17-19-11-6-3-7-12-19)16-8-14-21-20(24)22-15-13-18-9-4-2-5-10-18/h2-7,9-12H,8,13-17H2,1H3,(H2,21,22,24)/p+1. The predicted octanol–water partition coefficient (Wildman–Crippen LogP) is 1.80. The van der Waals surface area contributed by atoms with Gasteiger partial charge in [-0.2, -0.15) is 0 Å². The molecule has 0 bridgehead atoms. The van der Waals surface area contributed by atoms with Gasteiger partial charge < -0.3 is 15.5 Å². The zero-order valence-corrected chi connectivity index (χ0v) is 15.2. The van der Waals surface area contributed by atoms with Gasteiger partial charge in [-0.3, -0.25) is 0 Å². The highest BCUT2D eigenvalue weighted by molar-refractivity contribution is 7.80. The van der Waals surface area contributed by atoms with Crippen LogP contribution >= 0.6 is 12.2 Å². The molecule has 0 amide bonds. The van der Waals surface area contributed by atoms with Crippen molar-refractivity contribution < 1.29 is 4.90 Å². The van der Waals surface area contributed by atoms with E-state index in [9.17, 15) is 0 Å². The Morgan fingerprint density at radius 1 is 0.875 bits per heavy atom. The lowest BCUT2D eigenvalue weighted by atomic mass is 10.1. The van der Waals surface area contributed by atoms with Crippen molar-refractivity contribution in [3.8, 4) is 0 Å². The molecule has 1 atom stereocenters. The number of hydrogen-bond acceptors (Lipinski definition) is 1. The van der Waals surface area contributed by atoms with Crippen LogP contribution in [0.25, 0.3) is 0 Å². The summed E-state index contributed by atoms with van der Waals surface area (Å²) in [4.78, 5) is 1.52. The van der Waals surface area contributed by atoms with Gasteiger partial charge in [0.15, 0.2) is 5.11 Å². The first-order chi connectivity index (χ1) is 11.7. The summed E-state index contributed by atoms with van der Waals surface area (Å²) in [6, 6.07) is 21.1. The van der Waals surface area contributed by atoms with Crippen molar-refractivity contribution in [2.45, 2.75) is 19.4 Å². The highest BCUT2D eigenvalue weighted by Gasteiger charge is 2.03. The molecule has 24 heavy (non-hydrogen) atoms. The van der Waals surface area contributed by atoms with Crippen molar-refractivity contribution in [1.29, 1.82) is 0 Å². The number of rotatable bonds is 9. The minimum atomic E-state index is 0.756. The fourth-order valence-corrected chi connectivity index (χ4v) is 2.86. The second-order valence-corrected chi connectivity index (χ2v) is 6.55. The SMILES string of the molecule is C[NH+](CCCNC(=S)NCCc1ccccc1)Cc1ccccc1. The van der Waals surface area contributed by atoms with Crippen molar-refractivity contribution in [3.63, 3.8) is 0 Å². The molecule has 4 heteroatoms. The van der Waals surface area contributed by atoms with Gasteiger partial charge in [-0.15, -0.1) is 0 Å². The molecule has 0 aliphatic rings. The van der Waals surface area contributed by atoms with E-state index in [0.717, 1.165) is 44.1 Å². The Balaban J connectivity index is 1.51. The van der Waals surface area contributed by atoms with E-state index < -0.39 is 0 Å². The maximum absolute atomic E-state index is 5.32. The molecule has 0 fully saturated rings. The van der Waals surface area contributed by atoms with Crippen LogP contribution in [-0.2, 0) is 13.0 Å². The Bertz CT molecular complexity index is 586. The molecular weight excluding hydrogens is 314 g/mol. The zero-order valence-electron chi connectivity index (χ0n) is 14.4. The Labute approximate surface area is 151 Å². The molecule has 128 valence electrons. The molecule has 0 heterocycles. The molecule has 0 aliphatic heterocycles. The summed E-state index contributed by atoms with van der Waals surface area (Å²) in [6.45, 7) is 3.99. The van der Waals surface area contributed by atoms with Gasteiger partial charge in [0.1, 0.15) is 6.54 Å². The third-order valence-electron chi connectivity index (χ3n) is 3.96. The molecule has 0 saturated heterocycles. The highest BCUT2D eigenvalue weighted by atomic mass is 32.1. The van der Waals surface area contributed by atoms with E-state index in [1.165, 1.54) is 16.0 Å². The van der Waals surface area contributed by atoms with Crippen LogP contribution in [0.4, 0.5) is 0 Å². The lowest BCUT2D eigenvalue weighted by Gasteiger charge is -2.15. The molecular formula is C20H28N3S+. The van der Waals surface area contributed by atoms with E-state index in [2.05, 4.69) is 72.3 Å². The molecule has 0 radical (unpaired) electrons. The van der Waals surface area contributed by atoms with Crippen LogP contribution in [0, 0.1) is 0 Å². The number of nitrogens with one attached hydrogen (secondary N) is 3. The molecule has 0 saturated carbocycles. The largest absolute Gasteiger partial charge is 0.363 e. The van der Waals surface area contributed by atoms with E-state index in [0.29, 0.717) is 0 Å². The first-order valence-corrected chi connectivity index (χ1v) is 9.06. The number of benzene rings is 2. The van der Waals surface area contributed by atoms with E-state index in [1.54, 1.807) is 0 Å². The van der Waals surface area contributed by atoms with E-state index in [4.69, 9.17) is 12.2 Å². The van der Waals surface area contributed by atoms with Crippen molar-refractivity contribution in [2.75, 3.05) is 26.7 Å². The molecule has 0 aliphatic carbocycles. The number of hydrogen-bond donors (Lipinski definition) is 3. The Morgan fingerprint density at radius 3 is 2.12 bits per heavy atom. The maximum atomic E-state index is 5.32. The summed E-state index contributed by atoms with van der Waals surface area (Å²) in [5.41, 5.74) is 2.72. The van der Waals surface area contributed by atoms with Crippen LogP contribution in [0.3, 0.4) is 0 Å². The number of quaternary nitrogens is 1. The lowest BCUT2D eigenvalue weighted by molar-refractivity contribution is -0.893. The fraction of sp³-hybridized carbons (Fsp3) is 0.350. The van der Waals surface area contributed by atoms with Crippen molar-refractivity contribution >= 4 is 17.3 Å². The second-order valence-electron chi connectivity index (χ2n) is 6.14. The Morgan fingerprint density at radius 2 is 1.46 bits per heavy atom. The quantitative estimate of drug-likeness (QED) is 0.479. The van der Waals surface area contributed by atoms with Crippen LogP contribution in [-0.4, -0.2) is 31.8 Å². The molecule has 0 aromatic heterocycles. The molecule has 2 aromatic rings. The summed E-state index contributed by atoms with van der Waals surface area (Å²) >= 11 is 5.32. The first kappa shape index (κ1) is 18.4. The Kier molecular flexibility index (Phi) is 8.28. The minimum absolute atomic E-state index is 0.756. The van der Waals surface area contributed by atoms with Crippen molar-refractivity contribution in [2.24, 2.45) is 0 Å². The second kappa shape index (κ2) is 10.8. The molecule has 2 rings (SSSR count). The zero-order chi connectivity index (χ0) is 17.0. The number of thiocarbonyl (C=S) groups is 1. The van der Waals surface area contributed by atoms with Gasteiger partial charge >= 0.3 is 0 Å². The smallest absolute Gasteiger partial charge is 0.166 e. The monoisotopic (exact) mass is 342 g/mol. The topological polar surface area (TPSA) is 28.5 Å². The van der Waals surface area contributed by atoms with Gasteiger partial charge in [0, 0.05) is 25.1 Å². The predicted molar refractivity (Wildman–Crippen MR) is 105 cm³/mol. The van der Waals surface area contributed by atoms with E-state index in [1.807, 2.05) is 6.07 Å². The minimum Gasteiger partial charge on any atom is -0.363 e. The van der Waals surface area contributed by atoms with Gasteiger partial charge in [0.2, 0.25) is 0 Å². The maximum Gasteiger partial charge on any atom is 0.166 e. The van der Waals surface area contributed by atoms with Gasteiger partial charge in [0.05, 0.1) is 13.6 Å². The van der Waals surface area contributed by atoms with Crippen LogP contribution in [0.2, 0.25) is 0 Å².